The van der Waals surface area contributed by atoms with Gasteiger partial charge in [0, 0.05) is 30.1 Å². The van der Waals surface area contributed by atoms with Crippen LogP contribution in [0.4, 0.5) is 0 Å². The Bertz CT molecular complexity index is 1190. The van der Waals surface area contributed by atoms with Gasteiger partial charge in [-0.1, -0.05) is 133 Å². The molecule has 3 aromatic carbocycles. The van der Waals surface area contributed by atoms with E-state index in [1.807, 2.05) is 24.3 Å². The summed E-state index contributed by atoms with van der Waals surface area (Å²) >= 11 is 1.74. The molecule has 0 saturated heterocycles. The molecule has 0 aliphatic carbocycles. The zero-order valence-corrected chi connectivity index (χ0v) is 30.0. The fourth-order valence-electron chi connectivity index (χ4n) is 5.86. The molecule has 3 nitrogen and oxygen atoms in total. The number of rotatable bonds is 18. The van der Waals surface area contributed by atoms with Crippen LogP contribution in [0.2, 0.25) is 23.2 Å². The average molecular weight is 633 g/mol. The normalized spacial score (nSPS) is 13.3. The van der Waals surface area contributed by atoms with Gasteiger partial charge in [-0.2, -0.15) is 0 Å². The topological polar surface area (TPSA) is 35.5 Å². The maximum absolute atomic E-state index is 12.7. The predicted octanol–water partition coefficient (Wildman–Crippen LogP) is 9.04. The molecular formula is C37H52O3SSi2. The summed E-state index contributed by atoms with van der Waals surface area (Å²) in [7, 11) is -4.48. The standard InChI is InChI=1S/C37H52O3SSi2/c1-7-42(8-2,9-3)40-33(21-19-20-32(38)29-31-41-34-22-13-10-14-23-34)28-30-39-43(37(4,5)6,35-24-15-11-16-25-35)36-26-17-12-18-27-36/h10-19,21-27,33H,7-9,20,28-31H2,1-6H3/b21-19-/t33-/m0/s1. The van der Waals surface area contributed by atoms with Crippen molar-refractivity contribution in [1.29, 1.82) is 0 Å². The highest BCUT2D eigenvalue weighted by molar-refractivity contribution is 7.99. The number of Topliss-reactive ketones (excluding diaryl/α,β-unsaturated/α-hetero) is 1. The minimum Gasteiger partial charge on any atom is -0.410 e. The second-order valence-electron chi connectivity index (χ2n) is 12.3. The quantitative estimate of drug-likeness (QED) is 0.0796. The van der Waals surface area contributed by atoms with Crippen molar-refractivity contribution in [1.82, 2.24) is 0 Å². The highest BCUT2D eigenvalue weighted by Crippen LogP contribution is 2.37. The monoisotopic (exact) mass is 632 g/mol. The summed E-state index contributed by atoms with van der Waals surface area (Å²) in [5.41, 5.74) is 0. The van der Waals surface area contributed by atoms with Crippen LogP contribution < -0.4 is 10.4 Å². The van der Waals surface area contributed by atoms with Crippen molar-refractivity contribution in [3.63, 3.8) is 0 Å². The first-order valence-corrected chi connectivity index (χ1v) is 21.4. The number of thioether (sulfide) groups is 1. The molecule has 3 rings (SSSR count). The molecule has 0 aliphatic heterocycles. The first kappa shape index (κ1) is 35.3. The third kappa shape index (κ3) is 9.88. The van der Waals surface area contributed by atoms with Crippen LogP contribution in [0.3, 0.4) is 0 Å². The number of benzene rings is 3. The molecule has 43 heavy (non-hydrogen) atoms. The van der Waals surface area contributed by atoms with Crippen LogP contribution in [0.5, 0.6) is 0 Å². The molecule has 0 bridgehead atoms. The summed E-state index contributed by atoms with van der Waals surface area (Å²) in [6, 6.07) is 35.2. The lowest BCUT2D eigenvalue weighted by molar-refractivity contribution is -0.117. The second-order valence-corrected chi connectivity index (χ2v) is 22.5. The summed E-state index contributed by atoms with van der Waals surface area (Å²) in [6.45, 7) is 14.4. The van der Waals surface area contributed by atoms with Gasteiger partial charge < -0.3 is 8.85 Å². The van der Waals surface area contributed by atoms with Crippen molar-refractivity contribution in [2.45, 2.75) is 95.0 Å². The Morgan fingerprint density at radius 1 is 0.814 bits per heavy atom. The van der Waals surface area contributed by atoms with Crippen LogP contribution in [-0.2, 0) is 13.6 Å². The van der Waals surface area contributed by atoms with Gasteiger partial charge in [0.2, 0.25) is 0 Å². The fourth-order valence-corrected chi connectivity index (χ4v) is 14.2. The average Bonchev–Trinajstić information content (AvgIpc) is 3.02. The molecule has 0 N–H and O–H groups in total. The Balaban J connectivity index is 1.76. The van der Waals surface area contributed by atoms with Gasteiger partial charge >= 0.3 is 0 Å². The smallest absolute Gasteiger partial charge is 0.261 e. The van der Waals surface area contributed by atoms with Gasteiger partial charge in [0.05, 0.1) is 6.10 Å². The largest absolute Gasteiger partial charge is 0.410 e. The van der Waals surface area contributed by atoms with Crippen molar-refractivity contribution in [2.75, 3.05) is 12.4 Å². The van der Waals surface area contributed by atoms with E-state index in [1.165, 1.54) is 15.3 Å². The van der Waals surface area contributed by atoms with Gasteiger partial charge in [0.15, 0.2) is 8.32 Å². The Hall–Kier alpha value is -2.23. The number of carbonyl (C=O) groups is 1. The van der Waals surface area contributed by atoms with E-state index >= 15 is 0 Å². The minimum atomic E-state index is -2.62. The first-order chi connectivity index (χ1) is 20.7. The van der Waals surface area contributed by atoms with E-state index in [0.29, 0.717) is 19.4 Å². The lowest BCUT2D eigenvalue weighted by atomic mass is 10.2. The molecule has 0 aromatic heterocycles. The van der Waals surface area contributed by atoms with Gasteiger partial charge in [0.25, 0.3) is 8.32 Å². The van der Waals surface area contributed by atoms with Crippen LogP contribution in [0.15, 0.2) is 108 Å². The predicted molar refractivity (Wildman–Crippen MR) is 191 cm³/mol. The molecule has 0 fully saturated rings. The van der Waals surface area contributed by atoms with Crippen molar-refractivity contribution < 1.29 is 13.6 Å². The van der Waals surface area contributed by atoms with Crippen LogP contribution in [0.1, 0.15) is 60.8 Å². The maximum Gasteiger partial charge on any atom is 0.261 e. The van der Waals surface area contributed by atoms with Crippen LogP contribution >= 0.6 is 11.8 Å². The minimum absolute atomic E-state index is 0.0591. The second kappa shape index (κ2) is 17.3. The highest BCUT2D eigenvalue weighted by atomic mass is 32.2. The third-order valence-electron chi connectivity index (χ3n) is 8.56. The number of ketones is 1. The lowest BCUT2D eigenvalue weighted by Crippen LogP contribution is -2.66. The summed E-state index contributed by atoms with van der Waals surface area (Å²) in [6.07, 6.45) is 5.93. The number of allylic oxidation sites excluding steroid dienone is 1. The summed E-state index contributed by atoms with van der Waals surface area (Å²) < 4.78 is 14.2. The van der Waals surface area contributed by atoms with E-state index in [1.54, 1.807) is 11.8 Å². The van der Waals surface area contributed by atoms with E-state index in [9.17, 15) is 4.79 Å². The third-order valence-corrected chi connectivity index (χ3v) is 19.3. The molecular weight excluding hydrogens is 581 g/mol. The molecule has 232 valence electrons. The van der Waals surface area contributed by atoms with Gasteiger partial charge in [0.1, 0.15) is 5.78 Å². The van der Waals surface area contributed by atoms with E-state index in [4.69, 9.17) is 8.85 Å². The summed E-state index contributed by atoms with van der Waals surface area (Å²) in [5, 5.41) is 2.51. The van der Waals surface area contributed by atoms with Gasteiger partial charge in [-0.3, -0.25) is 4.79 Å². The summed E-state index contributed by atoms with van der Waals surface area (Å²) in [4.78, 5) is 13.9. The molecule has 6 heteroatoms. The molecule has 3 aromatic rings. The molecule has 0 radical (unpaired) electrons. The molecule has 1 atom stereocenters. The van der Waals surface area contributed by atoms with Gasteiger partial charge in [-0.25, -0.2) is 0 Å². The highest BCUT2D eigenvalue weighted by Gasteiger charge is 2.50. The fraction of sp³-hybridized carbons (Fsp3) is 0.432. The lowest BCUT2D eigenvalue weighted by Gasteiger charge is -2.43. The number of hydrogen-bond donors (Lipinski definition) is 0. The molecule has 0 saturated carbocycles. The Morgan fingerprint density at radius 3 is 1.81 bits per heavy atom. The maximum atomic E-state index is 12.7. The summed E-state index contributed by atoms with van der Waals surface area (Å²) in [5.74, 6) is 1.08. The van der Waals surface area contributed by atoms with Crippen LogP contribution in [0, 0.1) is 0 Å². The van der Waals surface area contributed by atoms with Gasteiger partial charge in [-0.15, -0.1) is 11.8 Å². The number of carbonyl (C=O) groups excluding carboxylic acids is 1. The first-order valence-electron chi connectivity index (χ1n) is 16.0. The Morgan fingerprint density at radius 2 is 1.33 bits per heavy atom. The van der Waals surface area contributed by atoms with Crippen molar-refractivity contribution in [3.8, 4) is 0 Å². The number of hydrogen-bond acceptors (Lipinski definition) is 4. The molecule has 0 aliphatic rings. The SMILES string of the molecule is CC[Si](CC)(CC)O[C@@H](/C=C\CC(=O)CCSc1ccccc1)CCO[Si](c1ccccc1)(c1ccccc1)C(C)(C)C. The van der Waals surface area contributed by atoms with Crippen molar-refractivity contribution in [3.05, 3.63) is 103 Å². The molecule has 0 amide bonds. The van der Waals surface area contributed by atoms with E-state index in [2.05, 4.69) is 120 Å². The van der Waals surface area contributed by atoms with E-state index < -0.39 is 16.6 Å². The van der Waals surface area contributed by atoms with Crippen molar-refractivity contribution in [2.24, 2.45) is 0 Å². The van der Waals surface area contributed by atoms with E-state index in [0.717, 1.165) is 30.3 Å². The zero-order chi connectivity index (χ0) is 31.2. The van der Waals surface area contributed by atoms with Crippen molar-refractivity contribution >= 4 is 44.6 Å². The molecule has 0 heterocycles. The zero-order valence-electron chi connectivity index (χ0n) is 27.2. The Kier molecular flexibility index (Phi) is 14.2. The van der Waals surface area contributed by atoms with Crippen LogP contribution in [-0.4, -0.2) is 40.9 Å². The van der Waals surface area contributed by atoms with Gasteiger partial charge in [-0.05, 0) is 52.1 Å². The Labute approximate surface area is 267 Å². The molecule has 0 spiro atoms. The molecule has 0 unspecified atom stereocenters. The van der Waals surface area contributed by atoms with Crippen LogP contribution in [0.25, 0.3) is 0 Å². The van der Waals surface area contributed by atoms with E-state index in [-0.39, 0.29) is 16.9 Å².